The van der Waals surface area contributed by atoms with E-state index < -0.39 is 0 Å². The van der Waals surface area contributed by atoms with E-state index in [0.29, 0.717) is 12.5 Å². The molecule has 3 N–H and O–H groups in total. The molecule has 1 heterocycles. The Labute approximate surface area is 105 Å². The van der Waals surface area contributed by atoms with E-state index in [2.05, 4.69) is 24.1 Å². The topological polar surface area (TPSA) is 58.4 Å². The van der Waals surface area contributed by atoms with Crippen LogP contribution in [0.25, 0.3) is 0 Å². The van der Waals surface area contributed by atoms with Crippen molar-refractivity contribution in [2.75, 3.05) is 19.6 Å². The summed E-state index contributed by atoms with van der Waals surface area (Å²) in [5.74, 6) is 0.126. The van der Waals surface area contributed by atoms with Gasteiger partial charge in [0.2, 0.25) is 5.91 Å². The normalized spacial score (nSPS) is 20.2. The molecule has 1 amide bonds. The van der Waals surface area contributed by atoms with Crippen molar-refractivity contribution in [2.24, 2.45) is 5.73 Å². The molecule has 17 heavy (non-hydrogen) atoms. The first-order valence-electron chi connectivity index (χ1n) is 6.93. The predicted octanol–water partition coefficient (Wildman–Crippen LogP) is 1.10. The monoisotopic (exact) mass is 241 g/mol. The molecule has 1 atom stereocenters. The molecular weight excluding hydrogens is 214 g/mol. The Balaban J connectivity index is 2.19. The summed E-state index contributed by atoms with van der Waals surface area (Å²) in [7, 11) is 0. The van der Waals surface area contributed by atoms with Gasteiger partial charge in [-0.05, 0) is 25.8 Å². The Bertz CT molecular complexity index is 225. The molecule has 1 saturated heterocycles. The number of piperidine rings is 1. The maximum absolute atomic E-state index is 11.7. The second kappa shape index (κ2) is 7.67. The highest BCUT2D eigenvalue weighted by Crippen LogP contribution is 2.10. The van der Waals surface area contributed by atoms with E-state index in [1.54, 1.807) is 0 Å². The molecule has 0 saturated carbocycles. The van der Waals surface area contributed by atoms with Gasteiger partial charge in [-0.3, -0.25) is 4.79 Å². The van der Waals surface area contributed by atoms with Gasteiger partial charge in [-0.2, -0.15) is 0 Å². The number of nitrogens with two attached hydrogens (primary N) is 1. The molecule has 4 nitrogen and oxygen atoms in total. The van der Waals surface area contributed by atoms with Gasteiger partial charge in [-0.25, -0.2) is 0 Å². The van der Waals surface area contributed by atoms with Crippen LogP contribution >= 0.6 is 0 Å². The SMILES string of the molecule is CCCC(N)CC(=O)NC1CCN(CC)CC1. The fourth-order valence-corrected chi connectivity index (χ4v) is 2.39. The fraction of sp³-hybridized carbons (Fsp3) is 0.923. The fourth-order valence-electron chi connectivity index (χ4n) is 2.39. The van der Waals surface area contributed by atoms with Crippen molar-refractivity contribution in [1.29, 1.82) is 0 Å². The first kappa shape index (κ1) is 14.5. The molecule has 1 fully saturated rings. The van der Waals surface area contributed by atoms with Gasteiger partial charge in [0.25, 0.3) is 0 Å². The van der Waals surface area contributed by atoms with E-state index in [-0.39, 0.29) is 11.9 Å². The molecule has 0 aromatic rings. The average molecular weight is 241 g/mol. The Morgan fingerprint density at radius 2 is 2.06 bits per heavy atom. The third kappa shape index (κ3) is 5.50. The molecule has 1 aliphatic rings. The second-order valence-corrected chi connectivity index (χ2v) is 5.03. The molecule has 100 valence electrons. The molecule has 0 spiro atoms. The molecule has 0 bridgehead atoms. The van der Waals surface area contributed by atoms with Crippen LogP contribution in [0.2, 0.25) is 0 Å². The molecule has 0 aromatic heterocycles. The summed E-state index contributed by atoms with van der Waals surface area (Å²) in [5, 5.41) is 3.11. The van der Waals surface area contributed by atoms with Gasteiger partial charge >= 0.3 is 0 Å². The van der Waals surface area contributed by atoms with Crippen LogP contribution in [0.5, 0.6) is 0 Å². The summed E-state index contributed by atoms with van der Waals surface area (Å²) in [4.78, 5) is 14.2. The lowest BCUT2D eigenvalue weighted by Crippen LogP contribution is -2.45. The van der Waals surface area contributed by atoms with Crippen LogP contribution in [-0.4, -0.2) is 42.5 Å². The number of hydrogen-bond donors (Lipinski definition) is 2. The van der Waals surface area contributed by atoms with Crippen molar-refractivity contribution < 1.29 is 4.79 Å². The van der Waals surface area contributed by atoms with E-state index >= 15 is 0 Å². The van der Waals surface area contributed by atoms with Crippen LogP contribution in [0.1, 0.15) is 46.0 Å². The Hall–Kier alpha value is -0.610. The first-order valence-corrected chi connectivity index (χ1v) is 6.93. The summed E-state index contributed by atoms with van der Waals surface area (Å²) < 4.78 is 0. The number of rotatable bonds is 6. The zero-order valence-electron chi connectivity index (χ0n) is 11.2. The second-order valence-electron chi connectivity index (χ2n) is 5.03. The highest BCUT2D eigenvalue weighted by Gasteiger charge is 2.20. The van der Waals surface area contributed by atoms with Crippen LogP contribution in [0.3, 0.4) is 0 Å². The maximum atomic E-state index is 11.7. The molecule has 1 rings (SSSR count). The van der Waals surface area contributed by atoms with Crippen LogP contribution < -0.4 is 11.1 Å². The van der Waals surface area contributed by atoms with Crippen LogP contribution in [0.15, 0.2) is 0 Å². The van der Waals surface area contributed by atoms with Crippen molar-refractivity contribution in [3.8, 4) is 0 Å². The first-order chi connectivity index (χ1) is 8.15. The van der Waals surface area contributed by atoms with Gasteiger partial charge in [-0.1, -0.05) is 20.3 Å². The van der Waals surface area contributed by atoms with Gasteiger partial charge in [0, 0.05) is 31.6 Å². The Kier molecular flexibility index (Phi) is 6.52. The van der Waals surface area contributed by atoms with Crippen molar-refractivity contribution in [1.82, 2.24) is 10.2 Å². The zero-order valence-corrected chi connectivity index (χ0v) is 11.2. The molecule has 4 heteroatoms. The number of nitrogens with one attached hydrogen (secondary N) is 1. The molecule has 0 radical (unpaired) electrons. The average Bonchev–Trinajstić information content (AvgIpc) is 2.30. The minimum Gasteiger partial charge on any atom is -0.353 e. The zero-order chi connectivity index (χ0) is 12.7. The predicted molar refractivity (Wildman–Crippen MR) is 70.8 cm³/mol. The van der Waals surface area contributed by atoms with Crippen LogP contribution in [-0.2, 0) is 4.79 Å². The Morgan fingerprint density at radius 1 is 1.41 bits per heavy atom. The van der Waals surface area contributed by atoms with Gasteiger partial charge in [-0.15, -0.1) is 0 Å². The van der Waals surface area contributed by atoms with Crippen molar-refractivity contribution in [3.05, 3.63) is 0 Å². The third-order valence-electron chi connectivity index (χ3n) is 3.51. The molecule has 1 unspecified atom stereocenters. The van der Waals surface area contributed by atoms with Crippen molar-refractivity contribution in [2.45, 2.75) is 58.0 Å². The lowest BCUT2D eigenvalue weighted by atomic mass is 10.0. The van der Waals surface area contributed by atoms with Gasteiger partial charge < -0.3 is 16.0 Å². The maximum Gasteiger partial charge on any atom is 0.221 e. The molecular formula is C13H27N3O. The van der Waals surface area contributed by atoms with E-state index in [0.717, 1.165) is 45.3 Å². The summed E-state index contributed by atoms with van der Waals surface area (Å²) in [5.41, 5.74) is 5.86. The van der Waals surface area contributed by atoms with Crippen molar-refractivity contribution in [3.63, 3.8) is 0 Å². The highest BCUT2D eigenvalue weighted by atomic mass is 16.1. The standard InChI is InChI=1S/C13H27N3O/c1-3-5-11(14)10-13(17)15-12-6-8-16(4-2)9-7-12/h11-12H,3-10,14H2,1-2H3,(H,15,17). The van der Waals surface area contributed by atoms with Crippen molar-refractivity contribution >= 4 is 5.91 Å². The smallest absolute Gasteiger partial charge is 0.221 e. The van der Waals surface area contributed by atoms with E-state index in [9.17, 15) is 4.79 Å². The van der Waals surface area contributed by atoms with Crippen LogP contribution in [0.4, 0.5) is 0 Å². The number of carbonyl (C=O) groups is 1. The summed E-state index contributed by atoms with van der Waals surface area (Å²) in [6.45, 7) is 7.59. The van der Waals surface area contributed by atoms with E-state index in [4.69, 9.17) is 5.73 Å². The van der Waals surface area contributed by atoms with E-state index in [1.807, 2.05) is 0 Å². The lowest BCUT2D eigenvalue weighted by Gasteiger charge is -2.31. The Morgan fingerprint density at radius 3 is 2.59 bits per heavy atom. The van der Waals surface area contributed by atoms with Gasteiger partial charge in [0.15, 0.2) is 0 Å². The number of likely N-dealkylation sites (tertiary alicyclic amines) is 1. The minimum atomic E-state index is 0.0238. The third-order valence-corrected chi connectivity index (χ3v) is 3.51. The van der Waals surface area contributed by atoms with Crippen LogP contribution in [0, 0.1) is 0 Å². The highest BCUT2D eigenvalue weighted by molar-refractivity contribution is 5.76. The lowest BCUT2D eigenvalue weighted by molar-refractivity contribution is -0.122. The summed E-state index contributed by atoms with van der Waals surface area (Å²) in [6, 6.07) is 0.384. The van der Waals surface area contributed by atoms with E-state index in [1.165, 1.54) is 0 Å². The largest absolute Gasteiger partial charge is 0.353 e. The molecule has 1 aliphatic heterocycles. The number of amides is 1. The minimum absolute atomic E-state index is 0.0238. The quantitative estimate of drug-likeness (QED) is 0.732. The summed E-state index contributed by atoms with van der Waals surface area (Å²) in [6.07, 6.45) is 4.60. The number of carbonyl (C=O) groups excluding carboxylic acids is 1. The number of hydrogen-bond acceptors (Lipinski definition) is 3. The molecule has 0 aromatic carbocycles. The van der Waals surface area contributed by atoms with Gasteiger partial charge in [0.05, 0.1) is 0 Å². The number of nitrogens with zero attached hydrogens (tertiary/aromatic N) is 1. The molecule has 0 aliphatic carbocycles. The summed E-state index contributed by atoms with van der Waals surface area (Å²) >= 11 is 0. The van der Waals surface area contributed by atoms with Gasteiger partial charge in [0.1, 0.15) is 0 Å².